The van der Waals surface area contributed by atoms with E-state index in [4.69, 9.17) is 23.2 Å². The van der Waals surface area contributed by atoms with Crippen molar-refractivity contribution in [1.82, 2.24) is 0 Å². The van der Waals surface area contributed by atoms with Crippen LogP contribution < -0.4 is 9.79 Å². The molecule has 0 rings (SSSR count). The summed E-state index contributed by atoms with van der Waals surface area (Å²) in [6.07, 6.45) is 0. The van der Waals surface area contributed by atoms with Crippen LogP contribution in [0.4, 0.5) is 0 Å². The Hall–Kier alpha value is 2.39. The second kappa shape index (κ2) is 14.9. The Kier molecular flexibility index (Phi) is 25.8. The minimum absolute atomic E-state index is 0. The zero-order chi connectivity index (χ0) is 8.57. The van der Waals surface area contributed by atoms with Gasteiger partial charge in [0.2, 0.25) is 0 Å². The smallest absolute Gasteiger partial charge is 0.781 e. The predicted octanol–water partition coefficient (Wildman–Crippen LogP) is -0.0755. The summed E-state index contributed by atoms with van der Waals surface area (Å²) in [5.41, 5.74) is 0. The minimum Gasteiger partial charge on any atom is -0.781 e. The van der Waals surface area contributed by atoms with Crippen LogP contribution >= 0.6 is 39.7 Å². The molecule has 0 saturated carbocycles. The maximum absolute atomic E-state index is 9.29. The number of hydrogen-bond acceptors (Lipinski definition) is 5. The fourth-order valence-electron chi connectivity index (χ4n) is 0.0680. The van der Waals surface area contributed by atoms with Gasteiger partial charge in [0.15, 0.2) is 0 Å². The first-order chi connectivity index (χ1) is 4.54. The normalized spacial score (nSPS) is 13.5. The van der Waals surface area contributed by atoms with Crippen molar-refractivity contribution in [1.29, 1.82) is 0 Å². The van der Waals surface area contributed by atoms with Gasteiger partial charge in [-0.2, -0.15) is 0 Å². The quantitative estimate of drug-likeness (QED) is 0.430. The zero-order valence-electron chi connectivity index (χ0n) is 5.21. The Morgan fingerprint density at radius 1 is 1.18 bits per heavy atom. The van der Waals surface area contributed by atoms with Crippen molar-refractivity contribution in [2.75, 3.05) is 5.34 Å². The van der Waals surface area contributed by atoms with Gasteiger partial charge >= 0.3 is 45.0 Å². The summed E-state index contributed by atoms with van der Waals surface area (Å²) < 4.78 is 21.8. The first kappa shape index (κ1) is 19.0. The largest absolute Gasteiger partial charge is 2.00 e. The molecule has 10 heteroatoms. The van der Waals surface area contributed by atoms with Crippen LogP contribution in [-0.2, 0) is 13.4 Å². The molecule has 2 unspecified atom stereocenters. The van der Waals surface area contributed by atoms with Gasteiger partial charge in [-0.3, -0.25) is 4.31 Å². The second-order valence-corrected chi connectivity index (χ2v) is 3.33. The molecule has 0 aromatic carbocycles. The molecule has 11 heavy (non-hydrogen) atoms. The Bertz CT molecular complexity index is 109. The molecule has 64 valence electrons. The van der Waals surface area contributed by atoms with Gasteiger partial charge in [0, 0.05) is 0 Å². The predicted molar refractivity (Wildman–Crippen MR) is 35.7 cm³/mol. The number of alkyl halides is 2. The first-order valence-corrected chi connectivity index (χ1v) is 5.28. The summed E-state index contributed by atoms with van der Waals surface area (Å²) in [5, 5.41) is 0.194. The molecule has 5 nitrogen and oxygen atoms in total. The molecule has 0 spiro atoms. The van der Waals surface area contributed by atoms with Crippen molar-refractivity contribution in [3.63, 3.8) is 0 Å². The fourth-order valence-corrected chi connectivity index (χ4v) is 0.612. The van der Waals surface area contributed by atoms with Crippen molar-refractivity contribution in [3.8, 4) is 0 Å². The third kappa shape index (κ3) is 32.8. The molecule has 0 N–H and O–H groups in total. The van der Waals surface area contributed by atoms with E-state index in [1.807, 2.05) is 0 Å². The Morgan fingerprint density at radius 3 is 1.36 bits per heavy atom. The Labute approximate surface area is 112 Å². The molecular formula is CH4Cl2O5P2Ra. The van der Waals surface area contributed by atoms with Crippen LogP contribution in [0.1, 0.15) is 0 Å². The van der Waals surface area contributed by atoms with Crippen molar-refractivity contribution in [3.05, 3.63) is 0 Å². The fraction of sp³-hybridized carbons (Fsp3) is 1.00. The molecule has 0 aromatic rings. The van der Waals surface area contributed by atoms with Crippen LogP contribution in [-0.4, -0.2) is 5.34 Å². The molecule has 0 bridgehead atoms. The number of hydrogen-bond donors (Lipinski definition) is 0. The summed E-state index contributed by atoms with van der Waals surface area (Å²) in [7, 11) is -7.03. The average molecular weight is 455 g/mol. The third-order valence-electron chi connectivity index (χ3n) is 0.167. The van der Waals surface area contributed by atoms with E-state index in [9.17, 15) is 18.9 Å². The van der Waals surface area contributed by atoms with Crippen molar-refractivity contribution >= 4 is 39.7 Å². The van der Waals surface area contributed by atoms with Gasteiger partial charge in [-0.25, -0.2) is 0 Å². The van der Waals surface area contributed by atoms with Gasteiger partial charge in [-0.05, 0) is 0 Å². The van der Waals surface area contributed by atoms with E-state index in [0.717, 1.165) is 0 Å². The maximum atomic E-state index is 9.29. The molecule has 0 fully saturated rings. The van der Waals surface area contributed by atoms with Crippen molar-refractivity contribution < 1.29 is 68.2 Å². The van der Waals surface area contributed by atoms with E-state index < -0.39 is 16.5 Å². The van der Waals surface area contributed by atoms with Crippen LogP contribution in [0.2, 0.25) is 0 Å². The van der Waals surface area contributed by atoms with Crippen LogP contribution in [0.15, 0.2) is 0 Å². The Balaban J connectivity index is -0.000000140. The molecule has 0 amide bonds. The first-order valence-electron chi connectivity index (χ1n) is 1.76. The molecule has 0 aromatic heterocycles. The number of rotatable bonds is 2. The summed E-state index contributed by atoms with van der Waals surface area (Å²) in [6.45, 7) is 0. The van der Waals surface area contributed by atoms with Crippen molar-refractivity contribution in [2.24, 2.45) is 0 Å². The summed E-state index contributed by atoms with van der Waals surface area (Å²) in [4.78, 5) is 18.6. The van der Waals surface area contributed by atoms with Crippen LogP contribution in [0.3, 0.4) is 0 Å². The third-order valence-corrected chi connectivity index (χ3v) is 1.50. The van der Waals surface area contributed by atoms with Gasteiger partial charge in [0.1, 0.15) is 16.5 Å². The molecule has 0 heterocycles. The zero-order valence-corrected chi connectivity index (χ0v) is 14.5. The van der Waals surface area contributed by atoms with E-state index in [2.05, 4.69) is 4.31 Å². The van der Waals surface area contributed by atoms with E-state index in [-0.39, 0.29) is 50.3 Å². The minimum atomic E-state index is -3.51. The summed E-state index contributed by atoms with van der Waals surface area (Å²) in [5.74, 6) is 0. The molecule has 2 atom stereocenters. The average Bonchev–Trinajstić information content (AvgIpc) is 1.62. The summed E-state index contributed by atoms with van der Waals surface area (Å²) in [6, 6.07) is 0. The Morgan fingerprint density at radius 2 is 1.36 bits per heavy atom. The molecule has 0 radical (unpaired) electrons. The van der Waals surface area contributed by atoms with Gasteiger partial charge in [-0.1, -0.05) is 0 Å². The molecule has 0 saturated heterocycles. The standard InChI is InChI=1S/CH2Cl2.H4O5P2.Ra/c2-1-3;1-6(2)5-7(3)4;/h1H2;6-7H,(H,1,2)(H,3,4);/q;;+2/p-2. The molecular weight excluding hydrogens is 451 g/mol. The molecule has 0 aliphatic rings. The second-order valence-electron chi connectivity index (χ2n) is 0.703. The van der Waals surface area contributed by atoms with Crippen molar-refractivity contribution in [2.45, 2.75) is 0 Å². The topological polar surface area (TPSA) is 89.5 Å². The summed E-state index contributed by atoms with van der Waals surface area (Å²) >= 11 is 9.53. The maximum Gasteiger partial charge on any atom is 2.00 e. The van der Waals surface area contributed by atoms with Crippen LogP contribution in [0.25, 0.3) is 0 Å². The van der Waals surface area contributed by atoms with Gasteiger partial charge in [0.05, 0.1) is 5.34 Å². The molecule has 0 aliphatic carbocycles. The van der Waals surface area contributed by atoms with Gasteiger partial charge in [0.25, 0.3) is 0 Å². The van der Waals surface area contributed by atoms with Crippen LogP contribution in [0.5, 0.6) is 0 Å². The van der Waals surface area contributed by atoms with E-state index in [0.29, 0.717) is 0 Å². The van der Waals surface area contributed by atoms with Gasteiger partial charge < -0.3 is 18.9 Å². The SMILES string of the molecule is ClCCl.O=[PH]([O-])O[PH](=O)[O-].[Ra+2]. The van der Waals surface area contributed by atoms with E-state index >= 15 is 0 Å². The van der Waals surface area contributed by atoms with Crippen LogP contribution in [0, 0.1) is 45.0 Å². The van der Waals surface area contributed by atoms with E-state index in [1.165, 1.54) is 0 Å². The van der Waals surface area contributed by atoms with E-state index in [1.54, 1.807) is 0 Å². The number of halogens is 2. The molecule has 0 aliphatic heterocycles. The monoisotopic (exact) mass is 454 g/mol. The van der Waals surface area contributed by atoms with Gasteiger partial charge in [-0.15, -0.1) is 23.2 Å².